The van der Waals surface area contributed by atoms with Gasteiger partial charge in [-0.3, -0.25) is 14.9 Å². The highest BCUT2D eigenvalue weighted by molar-refractivity contribution is 5.97. The number of carbonyl (C=O) groups excluding carboxylic acids is 2. The van der Waals surface area contributed by atoms with Gasteiger partial charge in [0.25, 0.3) is 0 Å². The standard InChI is InChI=1S/C20H17N5O5/c1-12(26)13-6-5-7-14(10-13)23-18-17(25(28)29)19(22-11-21-18)24-16-9-4-3-8-15(16)20(27)30-2/h3-11H,1-2H3,(H2,21,22,23,24). The number of para-hydroxylation sites is 1. The molecule has 0 unspecified atom stereocenters. The summed E-state index contributed by atoms with van der Waals surface area (Å²) in [5.41, 5.74) is 0.949. The third-order valence-corrected chi connectivity index (χ3v) is 4.12. The van der Waals surface area contributed by atoms with Crippen molar-refractivity contribution in [3.8, 4) is 0 Å². The van der Waals surface area contributed by atoms with Gasteiger partial charge in [-0.05, 0) is 31.2 Å². The Morgan fingerprint density at radius 2 is 1.73 bits per heavy atom. The number of carbonyl (C=O) groups is 2. The molecule has 0 aliphatic heterocycles. The number of nitrogens with one attached hydrogen (secondary N) is 2. The van der Waals surface area contributed by atoms with Gasteiger partial charge in [0.05, 0.1) is 23.3 Å². The number of methoxy groups -OCH3 is 1. The van der Waals surface area contributed by atoms with Crippen molar-refractivity contribution in [1.29, 1.82) is 0 Å². The van der Waals surface area contributed by atoms with Crippen LogP contribution in [0.2, 0.25) is 0 Å². The minimum Gasteiger partial charge on any atom is -0.465 e. The second-order valence-corrected chi connectivity index (χ2v) is 6.10. The van der Waals surface area contributed by atoms with Gasteiger partial charge in [0.15, 0.2) is 5.78 Å². The largest absolute Gasteiger partial charge is 0.465 e. The smallest absolute Gasteiger partial charge is 0.353 e. The van der Waals surface area contributed by atoms with E-state index >= 15 is 0 Å². The number of nitrogens with zero attached hydrogens (tertiary/aromatic N) is 3. The number of ether oxygens (including phenoxy) is 1. The molecule has 0 spiro atoms. The molecule has 0 fully saturated rings. The first-order valence-corrected chi connectivity index (χ1v) is 8.72. The molecule has 0 bridgehead atoms. The molecule has 1 aromatic heterocycles. The number of hydrogen-bond acceptors (Lipinski definition) is 9. The summed E-state index contributed by atoms with van der Waals surface area (Å²) in [6.45, 7) is 1.42. The van der Waals surface area contributed by atoms with E-state index in [1.807, 2.05) is 0 Å². The van der Waals surface area contributed by atoms with E-state index in [9.17, 15) is 19.7 Å². The van der Waals surface area contributed by atoms with Crippen LogP contribution in [0, 0.1) is 10.1 Å². The SMILES string of the molecule is COC(=O)c1ccccc1Nc1ncnc(Nc2cccc(C(C)=O)c2)c1[N+](=O)[O-]. The molecule has 0 amide bonds. The Kier molecular flexibility index (Phi) is 5.97. The van der Waals surface area contributed by atoms with Crippen LogP contribution in [-0.4, -0.2) is 33.8 Å². The average molecular weight is 407 g/mol. The van der Waals surface area contributed by atoms with E-state index < -0.39 is 16.6 Å². The maximum Gasteiger partial charge on any atom is 0.353 e. The number of rotatable bonds is 7. The summed E-state index contributed by atoms with van der Waals surface area (Å²) in [6.07, 6.45) is 1.15. The molecule has 3 rings (SSSR count). The molecule has 1 heterocycles. The second-order valence-electron chi connectivity index (χ2n) is 6.10. The fraction of sp³-hybridized carbons (Fsp3) is 0.100. The third-order valence-electron chi connectivity index (χ3n) is 4.12. The van der Waals surface area contributed by atoms with Crippen LogP contribution in [-0.2, 0) is 4.74 Å². The van der Waals surface area contributed by atoms with Crippen LogP contribution < -0.4 is 10.6 Å². The van der Waals surface area contributed by atoms with Crippen LogP contribution in [0.15, 0.2) is 54.9 Å². The van der Waals surface area contributed by atoms with Crippen molar-refractivity contribution in [1.82, 2.24) is 9.97 Å². The fourth-order valence-corrected chi connectivity index (χ4v) is 2.69. The quantitative estimate of drug-likeness (QED) is 0.259. The first kappa shape index (κ1) is 20.4. The van der Waals surface area contributed by atoms with Gasteiger partial charge in [0, 0.05) is 11.3 Å². The van der Waals surface area contributed by atoms with Crippen LogP contribution in [0.1, 0.15) is 27.6 Å². The Balaban J connectivity index is 2.01. The first-order valence-electron chi connectivity index (χ1n) is 8.72. The van der Waals surface area contributed by atoms with E-state index in [0.29, 0.717) is 11.3 Å². The first-order chi connectivity index (χ1) is 14.4. The Morgan fingerprint density at radius 1 is 1.03 bits per heavy atom. The number of nitro groups is 1. The molecular formula is C20H17N5O5. The van der Waals surface area contributed by atoms with Crippen molar-refractivity contribution in [2.24, 2.45) is 0 Å². The molecule has 0 aliphatic carbocycles. The van der Waals surface area contributed by atoms with E-state index in [0.717, 1.165) is 6.33 Å². The summed E-state index contributed by atoms with van der Waals surface area (Å²) in [7, 11) is 1.24. The zero-order valence-electron chi connectivity index (χ0n) is 16.1. The normalized spacial score (nSPS) is 10.2. The molecule has 0 saturated carbocycles. The zero-order chi connectivity index (χ0) is 21.7. The number of benzene rings is 2. The van der Waals surface area contributed by atoms with Crippen molar-refractivity contribution in [3.05, 3.63) is 76.1 Å². The molecule has 152 valence electrons. The summed E-state index contributed by atoms with van der Waals surface area (Å²) >= 11 is 0. The molecule has 0 atom stereocenters. The molecule has 2 N–H and O–H groups in total. The highest BCUT2D eigenvalue weighted by Crippen LogP contribution is 2.34. The van der Waals surface area contributed by atoms with Crippen LogP contribution in [0.25, 0.3) is 0 Å². The minimum absolute atomic E-state index is 0.0752. The van der Waals surface area contributed by atoms with Gasteiger partial charge in [-0.25, -0.2) is 14.8 Å². The molecule has 3 aromatic rings. The van der Waals surface area contributed by atoms with Crippen LogP contribution >= 0.6 is 0 Å². The summed E-state index contributed by atoms with van der Waals surface area (Å²) in [5, 5.41) is 17.4. The predicted octanol–water partition coefficient (Wildman–Crippen LogP) is 3.86. The summed E-state index contributed by atoms with van der Waals surface area (Å²) in [6, 6.07) is 12.9. The monoisotopic (exact) mass is 407 g/mol. The lowest BCUT2D eigenvalue weighted by atomic mass is 10.1. The van der Waals surface area contributed by atoms with E-state index in [1.54, 1.807) is 42.5 Å². The van der Waals surface area contributed by atoms with Crippen molar-refractivity contribution >= 4 is 40.5 Å². The van der Waals surface area contributed by atoms with Gasteiger partial charge in [-0.1, -0.05) is 24.3 Å². The fourth-order valence-electron chi connectivity index (χ4n) is 2.69. The summed E-state index contributed by atoms with van der Waals surface area (Å²) < 4.78 is 4.74. The molecule has 0 aliphatic rings. The lowest BCUT2D eigenvalue weighted by molar-refractivity contribution is -0.383. The van der Waals surface area contributed by atoms with Crippen molar-refractivity contribution in [2.45, 2.75) is 6.92 Å². The van der Waals surface area contributed by atoms with E-state index in [1.165, 1.54) is 20.1 Å². The molecule has 2 aromatic carbocycles. The van der Waals surface area contributed by atoms with Gasteiger partial charge in [0.1, 0.15) is 6.33 Å². The van der Waals surface area contributed by atoms with Crippen LogP contribution in [0.4, 0.5) is 28.7 Å². The maximum absolute atomic E-state index is 12.0. The molecular weight excluding hydrogens is 390 g/mol. The van der Waals surface area contributed by atoms with Crippen molar-refractivity contribution in [3.63, 3.8) is 0 Å². The Bertz CT molecular complexity index is 1130. The van der Waals surface area contributed by atoms with Gasteiger partial charge < -0.3 is 15.4 Å². The zero-order valence-corrected chi connectivity index (χ0v) is 16.1. The van der Waals surface area contributed by atoms with Crippen LogP contribution in [0.5, 0.6) is 0 Å². The van der Waals surface area contributed by atoms with Gasteiger partial charge in [-0.2, -0.15) is 0 Å². The van der Waals surface area contributed by atoms with E-state index in [4.69, 9.17) is 4.74 Å². The van der Waals surface area contributed by atoms with E-state index in [2.05, 4.69) is 20.6 Å². The highest BCUT2D eigenvalue weighted by Gasteiger charge is 2.24. The summed E-state index contributed by atoms with van der Waals surface area (Å²) in [4.78, 5) is 42.6. The maximum atomic E-state index is 12.0. The number of Topliss-reactive ketones (excluding diaryl/α,β-unsaturated/α-hetero) is 1. The van der Waals surface area contributed by atoms with Gasteiger partial charge in [-0.15, -0.1) is 0 Å². The minimum atomic E-state index is -0.639. The highest BCUT2D eigenvalue weighted by atomic mass is 16.6. The van der Waals surface area contributed by atoms with Crippen molar-refractivity contribution in [2.75, 3.05) is 17.7 Å². The third kappa shape index (κ3) is 4.38. The second kappa shape index (κ2) is 8.78. The summed E-state index contributed by atoms with van der Waals surface area (Å²) in [5.74, 6) is -0.933. The molecule has 30 heavy (non-hydrogen) atoms. The Hall–Kier alpha value is -4.34. The Labute approximate surface area is 171 Å². The average Bonchev–Trinajstić information content (AvgIpc) is 2.73. The topological polar surface area (TPSA) is 136 Å². The van der Waals surface area contributed by atoms with E-state index in [-0.39, 0.29) is 28.7 Å². The molecule has 10 heteroatoms. The number of ketones is 1. The molecule has 10 nitrogen and oxygen atoms in total. The molecule has 0 radical (unpaired) electrons. The Morgan fingerprint density at radius 3 is 2.40 bits per heavy atom. The number of esters is 1. The number of hydrogen-bond donors (Lipinski definition) is 2. The number of anilines is 4. The van der Waals surface area contributed by atoms with Crippen LogP contribution in [0.3, 0.4) is 0 Å². The van der Waals surface area contributed by atoms with Gasteiger partial charge >= 0.3 is 11.7 Å². The molecule has 0 saturated heterocycles. The number of aromatic nitrogens is 2. The predicted molar refractivity (Wildman–Crippen MR) is 109 cm³/mol. The van der Waals surface area contributed by atoms with Gasteiger partial charge in [0.2, 0.25) is 11.6 Å². The van der Waals surface area contributed by atoms with Crippen molar-refractivity contribution < 1.29 is 19.2 Å². The lowest BCUT2D eigenvalue weighted by Crippen LogP contribution is -2.09. The lowest BCUT2D eigenvalue weighted by Gasteiger charge is -2.12.